The summed E-state index contributed by atoms with van der Waals surface area (Å²) < 4.78 is 5.38. The van der Waals surface area contributed by atoms with Gasteiger partial charge in [-0.15, -0.1) is 0 Å². The molecule has 0 saturated heterocycles. The van der Waals surface area contributed by atoms with Gasteiger partial charge in [0.15, 0.2) is 0 Å². The third-order valence-corrected chi connectivity index (χ3v) is 0.982. The number of rotatable bonds is 0. The molecule has 0 spiro atoms. The van der Waals surface area contributed by atoms with Crippen molar-refractivity contribution >= 4 is 45.2 Å². The summed E-state index contributed by atoms with van der Waals surface area (Å²) in [7, 11) is 0. The van der Waals surface area contributed by atoms with Crippen LogP contribution in [0.15, 0.2) is 12.2 Å². The fourth-order valence-corrected chi connectivity index (χ4v) is 0.506. The lowest BCUT2D eigenvalue weighted by atomic mass is 10.5. The maximum atomic E-state index is 2.73. The Balaban J connectivity index is 3.56. The maximum absolute atomic E-state index is 2.73. The first-order valence-corrected chi connectivity index (χ1v) is 3.95. The second kappa shape index (κ2) is 7.32. The molecule has 0 aromatic rings. The molecule has 0 rings (SSSR count). The summed E-state index contributed by atoms with van der Waals surface area (Å²) in [5, 5.41) is 0. The lowest BCUT2D eigenvalue weighted by molar-refractivity contribution is 2.15. The van der Waals surface area contributed by atoms with Crippen molar-refractivity contribution in [3.63, 3.8) is 0 Å². The molecule has 0 radical (unpaired) electrons. The molecule has 0 fully saturated rings. The van der Waals surface area contributed by atoms with E-state index in [1.807, 2.05) is 45.2 Å². The Kier molecular flexibility index (Phi) is 7.61. The highest BCUT2D eigenvalue weighted by molar-refractivity contribution is 14.1. The number of halogens is 2. The zero-order valence-electron chi connectivity index (χ0n) is 3.91. The summed E-state index contributed by atoms with van der Waals surface area (Å²) in [5.74, 6) is 5.47. The molecule has 0 aliphatic rings. The summed E-state index contributed by atoms with van der Waals surface area (Å²) in [6.45, 7) is 0. The summed E-state index contributed by atoms with van der Waals surface area (Å²) in [5.41, 5.74) is 0. The van der Waals surface area contributed by atoms with Crippen molar-refractivity contribution in [2.45, 2.75) is 0 Å². The van der Waals surface area contributed by atoms with Crippen LogP contribution in [0, 0.1) is 19.7 Å². The Hall–Kier alpha value is 0.320. The number of hydrogen-bond donors (Lipinski definition) is 0. The van der Waals surface area contributed by atoms with Crippen LogP contribution in [0.4, 0.5) is 0 Å². The molecule has 40 valence electrons. The molecule has 0 saturated carbocycles. The standard InChI is InChI=1S/C6H2I2/c7-5-3-1-2-4-6-8/h1-2H/b2-1-. The van der Waals surface area contributed by atoms with E-state index in [1.54, 1.807) is 12.2 Å². The van der Waals surface area contributed by atoms with Gasteiger partial charge in [-0.2, -0.15) is 0 Å². The fraction of sp³-hybridized carbons (Fsp3) is 0. The van der Waals surface area contributed by atoms with Gasteiger partial charge in [-0.1, -0.05) is 11.8 Å². The van der Waals surface area contributed by atoms with Gasteiger partial charge in [-0.3, -0.25) is 0 Å². The molecule has 0 aromatic heterocycles. The van der Waals surface area contributed by atoms with Crippen molar-refractivity contribution in [1.82, 2.24) is 0 Å². The quantitative estimate of drug-likeness (QED) is 0.473. The van der Waals surface area contributed by atoms with E-state index in [4.69, 9.17) is 0 Å². The Morgan fingerprint density at radius 1 is 0.875 bits per heavy atom. The predicted octanol–water partition coefficient (Wildman–Crippen LogP) is 2.33. The normalized spacial score (nSPS) is 6.75. The average molecular weight is 328 g/mol. The van der Waals surface area contributed by atoms with E-state index in [9.17, 15) is 0 Å². The summed E-state index contributed by atoms with van der Waals surface area (Å²) in [4.78, 5) is 0. The Morgan fingerprint density at radius 3 is 1.50 bits per heavy atom. The van der Waals surface area contributed by atoms with Crippen LogP contribution in [0.1, 0.15) is 0 Å². The highest BCUT2D eigenvalue weighted by Crippen LogP contribution is 1.74. The van der Waals surface area contributed by atoms with Crippen molar-refractivity contribution in [1.29, 1.82) is 0 Å². The molecule has 0 aromatic carbocycles. The SMILES string of the molecule is IC#C/C=C\C#CI. The van der Waals surface area contributed by atoms with Crippen LogP contribution >= 0.6 is 45.2 Å². The third-order valence-electron chi connectivity index (χ3n) is 0.359. The van der Waals surface area contributed by atoms with E-state index < -0.39 is 0 Å². The third kappa shape index (κ3) is 6.32. The van der Waals surface area contributed by atoms with E-state index in [2.05, 4.69) is 19.7 Å². The molecule has 0 N–H and O–H groups in total. The van der Waals surface area contributed by atoms with Crippen LogP contribution in [0.3, 0.4) is 0 Å². The molecule has 2 heteroatoms. The van der Waals surface area contributed by atoms with Crippen LogP contribution in [0.2, 0.25) is 0 Å². The highest BCUT2D eigenvalue weighted by atomic mass is 127. The zero-order valence-corrected chi connectivity index (χ0v) is 8.23. The summed E-state index contributed by atoms with van der Waals surface area (Å²) in [6.07, 6.45) is 3.44. The van der Waals surface area contributed by atoms with Crippen LogP contribution in [-0.2, 0) is 0 Å². The molecule has 0 amide bonds. The van der Waals surface area contributed by atoms with Gasteiger partial charge in [-0.25, -0.2) is 0 Å². The van der Waals surface area contributed by atoms with Crippen molar-refractivity contribution in [3.05, 3.63) is 12.2 Å². The topological polar surface area (TPSA) is 0 Å². The zero-order chi connectivity index (χ0) is 6.24. The largest absolute Gasteiger partial charge is 0.0629 e. The Labute approximate surface area is 76.4 Å². The van der Waals surface area contributed by atoms with Gasteiger partial charge in [0, 0.05) is 45.2 Å². The molecule has 0 aliphatic heterocycles. The second-order valence-electron chi connectivity index (χ2n) is 0.811. The van der Waals surface area contributed by atoms with Crippen molar-refractivity contribution in [2.24, 2.45) is 0 Å². The van der Waals surface area contributed by atoms with Crippen molar-refractivity contribution in [2.75, 3.05) is 0 Å². The minimum absolute atomic E-state index is 1.72. The summed E-state index contributed by atoms with van der Waals surface area (Å²) >= 11 is 3.95. The van der Waals surface area contributed by atoms with Crippen LogP contribution in [0.25, 0.3) is 0 Å². The lowest BCUT2D eigenvalue weighted by Gasteiger charge is -1.58. The lowest BCUT2D eigenvalue weighted by Crippen LogP contribution is -1.44. The van der Waals surface area contributed by atoms with Gasteiger partial charge in [0.2, 0.25) is 0 Å². The predicted molar refractivity (Wildman–Crippen MR) is 52.7 cm³/mol. The van der Waals surface area contributed by atoms with Crippen LogP contribution < -0.4 is 0 Å². The van der Waals surface area contributed by atoms with Gasteiger partial charge < -0.3 is 0 Å². The molecule has 0 unspecified atom stereocenters. The number of allylic oxidation sites excluding steroid dienone is 2. The molecule has 8 heavy (non-hydrogen) atoms. The first kappa shape index (κ1) is 8.32. The Morgan fingerprint density at radius 2 is 1.25 bits per heavy atom. The van der Waals surface area contributed by atoms with E-state index >= 15 is 0 Å². The monoisotopic (exact) mass is 328 g/mol. The first-order chi connectivity index (χ1) is 3.91. The van der Waals surface area contributed by atoms with E-state index in [-0.39, 0.29) is 0 Å². The van der Waals surface area contributed by atoms with Gasteiger partial charge in [-0.05, 0) is 20.0 Å². The smallest absolute Gasteiger partial charge is 0.0185 e. The van der Waals surface area contributed by atoms with E-state index in [0.29, 0.717) is 0 Å². The molecule has 0 atom stereocenters. The maximum Gasteiger partial charge on any atom is 0.0185 e. The van der Waals surface area contributed by atoms with E-state index in [0.717, 1.165) is 0 Å². The molecule has 0 heterocycles. The number of hydrogen-bond acceptors (Lipinski definition) is 0. The molecular weight excluding hydrogens is 326 g/mol. The van der Waals surface area contributed by atoms with Gasteiger partial charge in [0.25, 0.3) is 0 Å². The van der Waals surface area contributed by atoms with Gasteiger partial charge >= 0.3 is 0 Å². The Bertz CT molecular complexity index is 160. The van der Waals surface area contributed by atoms with Crippen LogP contribution in [0.5, 0.6) is 0 Å². The van der Waals surface area contributed by atoms with Crippen molar-refractivity contribution < 1.29 is 0 Å². The molecular formula is C6H2I2. The molecule has 0 bridgehead atoms. The first-order valence-electron chi connectivity index (χ1n) is 1.79. The highest BCUT2D eigenvalue weighted by Gasteiger charge is 1.53. The second-order valence-corrected chi connectivity index (χ2v) is 1.89. The van der Waals surface area contributed by atoms with Gasteiger partial charge in [0.1, 0.15) is 0 Å². The minimum atomic E-state index is 1.72. The molecule has 0 nitrogen and oxygen atoms in total. The van der Waals surface area contributed by atoms with E-state index in [1.165, 1.54) is 0 Å². The van der Waals surface area contributed by atoms with Crippen molar-refractivity contribution in [3.8, 4) is 19.7 Å². The average Bonchev–Trinajstić information content (AvgIpc) is 1.81. The van der Waals surface area contributed by atoms with Gasteiger partial charge in [0.05, 0.1) is 0 Å². The fourth-order valence-electron chi connectivity index (χ4n) is 0.146. The minimum Gasteiger partial charge on any atom is -0.0629 e. The molecule has 0 aliphatic carbocycles. The van der Waals surface area contributed by atoms with Crippen LogP contribution in [-0.4, -0.2) is 0 Å². The summed E-state index contributed by atoms with van der Waals surface area (Å²) in [6, 6.07) is 0.